The number of nitrogens with one attached hydrogen (secondary N) is 2. The molecule has 4 N–H and O–H groups in total. The SMILES string of the molecule is Oc1ccc(/C=N/NC(=NCl)N/N=C/c2ccc(O)cc2)cc1. The Labute approximate surface area is 137 Å². The minimum atomic E-state index is 0.136. The molecular formula is C15H14ClN5O2. The summed E-state index contributed by atoms with van der Waals surface area (Å²) in [5.74, 6) is 0.503. The zero-order chi connectivity index (χ0) is 16.5. The van der Waals surface area contributed by atoms with Gasteiger partial charge in [-0.05, 0) is 59.7 Å². The molecule has 118 valence electrons. The molecule has 2 aromatic carbocycles. The normalized spacial score (nSPS) is 10.8. The summed E-state index contributed by atoms with van der Waals surface area (Å²) in [6, 6.07) is 13.0. The van der Waals surface area contributed by atoms with Gasteiger partial charge >= 0.3 is 0 Å². The van der Waals surface area contributed by atoms with Crippen molar-refractivity contribution in [3.63, 3.8) is 0 Å². The average molecular weight is 332 g/mol. The van der Waals surface area contributed by atoms with E-state index in [9.17, 15) is 10.2 Å². The Hall–Kier alpha value is -3.06. The topological polar surface area (TPSA) is 102 Å². The van der Waals surface area contributed by atoms with E-state index in [1.807, 2.05) is 0 Å². The molecule has 0 aromatic heterocycles. The first kappa shape index (κ1) is 16.3. The molecule has 0 saturated heterocycles. The maximum absolute atomic E-state index is 9.18. The lowest BCUT2D eigenvalue weighted by molar-refractivity contribution is 0.475. The number of nitrogens with zero attached hydrogens (tertiary/aromatic N) is 3. The van der Waals surface area contributed by atoms with Gasteiger partial charge in [-0.1, -0.05) is 0 Å². The van der Waals surface area contributed by atoms with E-state index in [1.54, 1.807) is 48.5 Å². The van der Waals surface area contributed by atoms with Crippen molar-refractivity contribution in [1.82, 2.24) is 10.9 Å². The van der Waals surface area contributed by atoms with Gasteiger partial charge in [-0.25, -0.2) is 10.9 Å². The molecule has 0 aliphatic rings. The quantitative estimate of drug-likeness (QED) is 0.391. The van der Waals surface area contributed by atoms with Crippen LogP contribution in [0.5, 0.6) is 11.5 Å². The Morgan fingerprint density at radius 1 is 0.783 bits per heavy atom. The average Bonchev–Trinajstić information content (AvgIpc) is 2.57. The molecule has 0 heterocycles. The molecule has 0 atom stereocenters. The maximum atomic E-state index is 9.18. The molecule has 8 heteroatoms. The second kappa shape index (κ2) is 8.40. The third kappa shape index (κ3) is 5.68. The van der Waals surface area contributed by atoms with E-state index in [1.165, 1.54) is 12.4 Å². The fourth-order valence-electron chi connectivity index (χ4n) is 1.52. The largest absolute Gasteiger partial charge is 0.508 e. The Morgan fingerprint density at radius 3 is 1.52 bits per heavy atom. The van der Waals surface area contributed by atoms with E-state index in [4.69, 9.17) is 11.8 Å². The second-order valence-corrected chi connectivity index (χ2v) is 4.53. The number of phenolic OH excluding ortho intramolecular Hbond substituents is 2. The van der Waals surface area contributed by atoms with Crippen LogP contribution in [0.4, 0.5) is 0 Å². The zero-order valence-corrected chi connectivity index (χ0v) is 12.6. The molecule has 0 unspecified atom stereocenters. The highest BCUT2D eigenvalue weighted by Crippen LogP contribution is 2.08. The van der Waals surface area contributed by atoms with Gasteiger partial charge in [0, 0.05) is 11.8 Å². The number of phenols is 2. The van der Waals surface area contributed by atoms with Crippen LogP contribution in [0, 0.1) is 0 Å². The number of benzene rings is 2. The van der Waals surface area contributed by atoms with Crippen LogP contribution in [0.25, 0.3) is 0 Å². The van der Waals surface area contributed by atoms with Gasteiger partial charge < -0.3 is 10.2 Å². The monoisotopic (exact) mass is 331 g/mol. The summed E-state index contributed by atoms with van der Waals surface area (Å²) in [5, 5.41) is 26.2. The van der Waals surface area contributed by atoms with E-state index < -0.39 is 0 Å². The van der Waals surface area contributed by atoms with Crippen LogP contribution in [0.3, 0.4) is 0 Å². The Kier molecular flexibility index (Phi) is 5.96. The number of halogens is 1. The molecule has 2 aromatic rings. The third-order valence-corrected chi connectivity index (χ3v) is 2.81. The van der Waals surface area contributed by atoms with Gasteiger partial charge in [-0.15, -0.1) is 4.51 Å². The molecule has 0 fully saturated rings. The number of hydrazone groups is 2. The molecule has 0 spiro atoms. The molecular weight excluding hydrogens is 318 g/mol. The number of aromatic hydroxyl groups is 2. The molecule has 0 aliphatic carbocycles. The van der Waals surface area contributed by atoms with Gasteiger partial charge in [0.05, 0.1) is 12.4 Å². The number of hydrogen-bond acceptors (Lipinski definition) is 5. The van der Waals surface area contributed by atoms with Gasteiger partial charge in [0.15, 0.2) is 0 Å². The Morgan fingerprint density at radius 2 is 1.17 bits per heavy atom. The highest BCUT2D eigenvalue weighted by molar-refractivity contribution is 6.19. The lowest BCUT2D eigenvalue weighted by Crippen LogP contribution is -2.30. The summed E-state index contributed by atoms with van der Waals surface area (Å²) >= 11 is 5.42. The third-order valence-electron chi connectivity index (χ3n) is 2.64. The number of hydrogen-bond donors (Lipinski definition) is 4. The number of guanidine groups is 1. The summed E-state index contributed by atoms with van der Waals surface area (Å²) in [4.78, 5) is 0. The fourth-order valence-corrected chi connectivity index (χ4v) is 1.60. The van der Waals surface area contributed by atoms with Gasteiger partial charge in [-0.3, -0.25) is 0 Å². The predicted molar refractivity (Wildman–Crippen MR) is 91.0 cm³/mol. The molecule has 0 amide bonds. The molecule has 7 nitrogen and oxygen atoms in total. The number of rotatable bonds is 4. The van der Waals surface area contributed by atoms with E-state index in [0.29, 0.717) is 0 Å². The molecule has 2 rings (SSSR count). The zero-order valence-electron chi connectivity index (χ0n) is 11.9. The summed E-state index contributed by atoms with van der Waals surface area (Å²) in [6.07, 6.45) is 3.07. The standard InChI is InChI=1S/C15H14ClN5O2/c16-19-15(20-17-9-11-1-5-13(22)6-2-11)21-18-10-12-3-7-14(23)8-4-12/h1-10,22-23H,(H2,19,20,21)/b17-9+,18-10+. The van der Waals surface area contributed by atoms with Crippen LogP contribution in [0.15, 0.2) is 63.2 Å². The molecule has 23 heavy (non-hydrogen) atoms. The van der Waals surface area contributed by atoms with Crippen molar-refractivity contribution >= 4 is 30.2 Å². The van der Waals surface area contributed by atoms with Gasteiger partial charge in [0.25, 0.3) is 0 Å². The first-order valence-electron chi connectivity index (χ1n) is 6.52. The van der Waals surface area contributed by atoms with Crippen molar-refractivity contribution in [2.45, 2.75) is 0 Å². The van der Waals surface area contributed by atoms with Crippen LogP contribution in [-0.2, 0) is 0 Å². The summed E-state index contributed by atoms with van der Waals surface area (Å²) in [5.41, 5.74) is 6.75. The Bertz CT molecular complexity index is 652. The first-order chi connectivity index (χ1) is 11.2. The fraction of sp³-hybridized carbons (Fsp3) is 0. The van der Waals surface area contributed by atoms with Crippen LogP contribution in [0.1, 0.15) is 11.1 Å². The van der Waals surface area contributed by atoms with Crippen molar-refractivity contribution < 1.29 is 10.2 Å². The van der Waals surface area contributed by atoms with Crippen LogP contribution >= 0.6 is 11.8 Å². The van der Waals surface area contributed by atoms with E-state index >= 15 is 0 Å². The van der Waals surface area contributed by atoms with Crippen molar-refractivity contribution in [1.29, 1.82) is 0 Å². The molecule has 0 aliphatic heterocycles. The van der Waals surface area contributed by atoms with Crippen LogP contribution < -0.4 is 10.9 Å². The minimum absolute atomic E-state index is 0.136. The summed E-state index contributed by atoms with van der Waals surface area (Å²) in [6.45, 7) is 0. The van der Waals surface area contributed by atoms with Gasteiger partial charge in [0.1, 0.15) is 11.5 Å². The lowest BCUT2D eigenvalue weighted by atomic mass is 10.2. The smallest absolute Gasteiger partial charge is 0.250 e. The highest BCUT2D eigenvalue weighted by Gasteiger charge is 1.94. The van der Waals surface area contributed by atoms with E-state index in [-0.39, 0.29) is 17.5 Å². The predicted octanol–water partition coefficient (Wildman–Crippen LogP) is 2.15. The lowest BCUT2D eigenvalue weighted by Gasteiger charge is -2.02. The van der Waals surface area contributed by atoms with Crippen molar-refractivity contribution in [2.75, 3.05) is 0 Å². The molecule has 0 saturated carbocycles. The minimum Gasteiger partial charge on any atom is -0.508 e. The van der Waals surface area contributed by atoms with Crippen LogP contribution in [-0.4, -0.2) is 28.6 Å². The maximum Gasteiger partial charge on any atom is 0.250 e. The van der Waals surface area contributed by atoms with Crippen molar-refractivity contribution in [3.8, 4) is 11.5 Å². The van der Waals surface area contributed by atoms with E-state index in [0.717, 1.165) is 11.1 Å². The van der Waals surface area contributed by atoms with Gasteiger partial charge in [0.2, 0.25) is 5.96 Å². The first-order valence-corrected chi connectivity index (χ1v) is 6.86. The Balaban J connectivity index is 1.85. The van der Waals surface area contributed by atoms with E-state index in [2.05, 4.69) is 25.6 Å². The van der Waals surface area contributed by atoms with Crippen LogP contribution in [0.2, 0.25) is 0 Å². The molecule has 0 radical (unpaired) electrons. The van der Waals surface area contributed by atoms with Crippen molar-refractivity contribution in [3.05, 3.63) is 59.7 Å². The molecule has 0 bridgehead atoms. The highest BCUT2D eigenvalue weighted by atomic mass is 35.5. The summed E-state index contributed by atoms with van der Waals surface area (Å²) < 4.78 is 3.44. The van der Waals surface area contributed by atoms with Gasteiger partial charge in [-0.2, -0.15) is 10.2 Å². The van der Waals surface area contributed by atoms with Crippen molar-refractivity contribution in [2.24, 2.45) is 14.7 Å². The summed E-state index contributed by atoms with van der Waals surface area (Å²) in [7, 11) is 0. The second-order valence-electron chi connectivity index (χ2n) is 4.36.